The summed E-state index contributed by atoms with van der Waals surface area (Å²) in [7, 11) is 1.47. The topological polar surface area (TPSA) is 135 Å². The highest BCUT2D eigenvalue weighted by Crippen LogP contribution is 2.28. The molecule has 0 aliphatic heterocycles. The van der Waals surface area contributed by atoms with E-state index >= 15 is 0 Å². The van der Waals surface area contributed by atoms with Gasteiger partial charge in [-0.3, -0.25) is 0 Å². The van der Waals surface area contributed by atoms with Crippen LogP contribution in [0, 0.1) is 0 Å². The molecule has 0 aliphatic rings. The van der Waals surface area contributed by atoms with Gasteiger partial charge >= 0.3 is 5.97 Å². The molecule has 9 heteroatoms. The molecule has 2 rings (SSSR count). The molecule has 0 fully saturated rings. The number of nitrogen functional groups attached to an aromatic ring is 2. The molecule has 126 valence electrons. The number of ether oxygens (including phenoxy) is 3. The van der Waals surface area contributed by atoms with Gasteiger partial charge in [-0.05, 0) is 18.2 Å². The summed E-state index contributed by atoms with van der Waals surface area (Å²) in [5, 5.41) is 0. The molecule has 2 aromatic rings. The molecular formula is C15H17N5O4. The van der Waals surface area contributed by atoms with E-state index in [0.29, 0.717) is 18.1 Å². The summed E-state index contributed by atoms with van der Waals surface area (Å²) in [6, 6.07) is 4.67. The number of rotatable bonds is 7. The van der Waals surface area contributed by atoms with Gasteiger partial charge in [0.2, 0.25) is 11.9 Å². The van der Waals surface area contributed by atoms with Crippen molar-refractivity contribution in [1.29, 1.82) is 0 Å². The third-order valence-electron chi connectivity index (χ3n) is 2.80. The zero-order chi connectivity index (χ0) is 17.5. The van der Waals surface area contributed by atoms with Crippen LogP contribution in [0.3, 0.4) is 0 Å². The van der Waals surface area contributed by atoms with Gasteiger partial charge in [0.1, 0.15) is 6.61 Å². The van der Waals surface area contributed by atoms with Crippen LogP contribution >= 0.6 is 0 Å². The van der Waals surface area contributed by atoms with Crippen molar-refractivity contribution in [2.75, 3.05) is 25.2 Å². The van der Waals surface area contributed by atoms with E-state index in [4.69, 9.17) is 25.7 Å². The molecule has 1 heterocycles. The molecule has 0 unspecified atom stereocenters. The lowest BCUT2D eigenvalue weighted by molar-refractivity contribution is 0.0461. The molecule has 0 amide bonds. The summed E-state index contributed by atoms with van der Waals surface area (Å²) in [6.45, 7) is 3.70. The predicted octanol–water partition coefficient (Wildman–Crippen LogP) is 0.966. The second-order valence-corrected chi connectivity index (χ2v) is 4.51. The number of aromatic nitrogens is 3. The molecular weight excluding hydrogens is 314 g/mol. The van der Waals surface area contributed by atoms with Crippen molar-refractivity contribution in [3.63, 3.8) is 0 Å². The number of carbonyl (C=O) groups is 1. The van der Waals surface area contributed by atoms with Crippen LogP contribution < -0.4 is 20.9 Å². The lowest BCUT2D eigenvalue weighted by Gasteiger charge is -2.11. The maximum atomic E-state index is 12.1. The first-order valence-corrected chi connectivity index (χ1v) is 6.88. The van der Waals surface area contributed by atoms with Crippen LogP contribution in [-0.2, 0) is 11.3 Å². The lowest BCUT2D eigenvalue weighted by atomic mass is 10.2. The molecule has 0 aliphatic carbocycles. The predicted molar refractivity (Wildman–Crippen MR) is 86.5 cm³/mol. The molecule has 24 heavy (non-hydrogen) atoms. The first kappa shape index (κ1) is 17.0. The fraction of sp³-hybridized carbons (Fsp3) is 0.200. The van der Waals surface area contributed by atoms with Crippen LogP contribution in [0.5, 0.6) is 11.5 Å². The van der Waals surface area contributed by atoms with Gasteiger partial charge in [-0.15, -0.1) is 0 Å². The average molecular weight is 331 g/mol. The maximum absolute atomic E-state index is 12.1. The number of methoxy groups -OCH3 is 1. The second kappa shape index (κ2) is 7.77. The van der Waals surface area contributed by atoms with Gasteiger partial charge in [-0.1, -0.05) is 12.7 Å². The summed E-state index contributed by atoms with van der Waals surface area (Å²) in [6.07, 6.45) is 1.60. The Morgan fingerprint density at radius 2 is 1.92 bits per heavy atom. The first-order chi connectivity index (χ1) is 11.5. The summed E-state index contributed by atoms with van der Waals surface area (Å²) < 4.78 is 15.7. The van der Waals surface area contributed by atoms with Crippen LogP contribution in [0.1, 0.15) is 16.2 Å². The van der Waals surface area contributed by atoms with Crippen molar-refractivity contribution in [2.45, 2.75) is 6.61 Å². The molecule has 0 saturated carbocycles. The zero-order valence-corrected chi connectivity index (χ0v) is 13.1. The van der Waals surface area contributed by atoms with E-state index in [9.17, 15) is 4.79 Å². The maximum Gasteiger partial charge on any atom is 0.338 e. The normalized spacial score (nSPS) is 10.0. The van der Waals surface area contributed by atoms with Gasteiger partial charge in [0.05, 0.1) is 12.7 Å². The summed E-state index contributed by atoms with van der Waals surface area (Å²) in [4.78, 5) is 23.4. The quantitative estimate of drug-likeness (QED) is 0.561. The SMILES string of the molecule is C=CCOc1ccc(C(=O)OCc2nc(N)nc(N)n2)cc1OC. The number of anilines is 2. The second-order valence-electron chi connectivity index (χ2n) is 4.51. The van der Waals surface area contributed by atoms with Gasteiger partial charge in [0.25, 0.3) is 0 Å². The molecule has 1 aromatic heterocycles. The number of nitrogens with two attached hydrogens (primary N) is 2. The van der Waals surface area contributed by atoms with Crippen molar-refractivity contribution >= 4 is 17.9 Å². The van der Waals surface area contributed by atoms with E-state index in [1.54, 1.807) is 18.2 Å². The third kappa shape index (κ3) is 4.32. The average Bonchev–Trinajstić information content (AvgIpc) is 2.56. The Labute approximate surface area is 138 Å². The Bertz CT molecular complexity index is 730. The Kier molecular flexibility index (Phi) is 5.50. The molecule has 0 bridgehead atoms. The number of carbonyl (C=O) groups excluding carboxylic acids is 1. The number of hydrogen-bond donors (Lipinski definition) is 2. The van der Waals surface area contributed by atoms with E-state index < -0.39 is 5.97 Å². The molecule has 0 saturated heterocycles. The Morgan fingerprint density at radius 3 is 2.54 bits per heavy atom. The first-order valence-electron chi connectivity index (χ1n) is 6.88. The summed E-state index contributed by atoms with van der Waals surface area (Å²) >= 11 is 0. The van der Waals surface area contributed by atoms with Gasteiger partial charge in [-0.25, -0.2) is 4.79 Å². The Morgan fingerprint density at radius 1 is 1.21 bits per heavy atom. The van der Waals surface area contributed by atoms with Crippen LogP contribution in [-0.4, -0.2) is 34.6 Å². The van der Waals surface area contributed by atoms with Gasteiger partial charge in [0.15, 0.2) is 23.9 Å². The minimum absolute atomic E-state index is 0.0426. The summed E-state index contributed by atoms with van der Waals surface area (Å²) in [5.74, 6) is 0.386. The van der Waals surface area contributed by atoms with Crippen LogP contribution in [0.15, 0.2) is 30.9 Å². The van der Waals surface area contributed by atoms with E-state index in [2.05, 4.69) is 21.5 Å². The molecule has 9 nitrogen and oxygen atoms in total. The minimum Gasteiger partial charge on any atom is -0.493 e. The highest BCUT2D eigenvalue weighted by atomic mass is 16.5. The minimum atomic E-state index is -0.582. The van der Waals surface area contributed by atoms with Gasteiger partial charge < -0.3 is 25.7 Å². The van der Waals surface area contributed by atoms with E-state index in [1.807, 2.05) is 0 Å². The highest BCUT2D eigenvalue weighted by molar-refractivity contribution is 5.90. The lowest BCUT2D eigenvalue weighted by Crippen LogP contribution is -2.11. The Hall–Kier alpha value is -3.36. The van der Waals surface area contributed by atoms with Crippen molar-refractivity contribution < 1.29 is 19.0 Å². The number of benzene rings is 1. The van der Waals surface area contributed by atoms with Crippen molar-refractivity contribution in [1.82, 2.24) is 15.0 Å². The van der Waals surface area contributed by atoms with E-state index in [-0.39, 0.29) is 29.9 Å². The number of hydrogen-bond acceptors (Lipinski definition) is 9. The largest absolute Gasteiger partial charge is 0.493 e. The fourth-order valence-electron chi connectivity index (χ4n) is 1.80. The van der Waals surface area contributed by atoms with Crippen LogP contribution in [0.2, 0.25) is 0 Å². The fourth-order valence-corrected chi connectivity index (χ4v) is 1.80. The van der Waals surface area contributed by atoms with Crippen molar-refractivity contribution in [3.8, 4) is 11.5 Å². The molecule has 1 aromatic carbocycles. The van der Waals surface area contributed by atoms with Crippen LogP contribution in [0.25, 0.3) is 0 Å². The third-order valence-corrected chi connectivity index (χ3v) is 2.80. The molecule has 0 radical (unpaired) electrons. The van der Waals surface area contributed by atoms with Crippen LogP contribution in [0.4, 0.5) is 11.9 Å². The molecule has 4 N–H and O–H groups in total. The smallest absolute Gasteiger partial charge is 0.338 e. The standard InChI is InChI=1S/C15H17N5O4/c1-3-6-23-10-5-4-9(7-11(10)22-2)13(21)24-8-12-18-14(16)20-15(17)19-12/h3-5,7H,1,6,8H2,2H3,(H4,16,17,18,19,20). The zero-order valence-electron chi connectivity index (χ0n) is 13.1. The number of nitrogens with zero attached hydrogens (tertiary/aromatic N) is 3. The summed E-state index contributed by atoms with van der Waals surface area (Å²) in [5.41, 5.74) is 11.2. The highest BCUT2D eigenvalue weighted by Gasteiger charge is 2.13. The van der Waals surface area contributed by atoms with Gasteiger partial charge in [0, 0.05) is 0 Å². The monoisotopic (exact) mass is 331 g/mol. The molecule has 0 spiro atoms. The Balaban J connectivity index is 2.07. The van der Waals surface area contributed by atoms with Crippen molar-refractivity contribution in [2.24, 2.45) is 0 Å². The van der Waals surface area contributed by atoms with Gasteiger partial charge in [-0.2, -0.15) is 15.0 Å². The van der Waals surface area contributed by atoms with E-state index in [0.717, 1.165) is 0 Å². The van der Waals surface area contributed by atoms with E-state index in [1.165, 1.54) is 13.2 Å². The molecule has 0 atom stereocenters. The number of esters is 1. The van der Waals surface area contributed by atoms with Crippen molar-refractivity contribution in [3.05, 3.63) is 42.2 Å².